The van der Waals surface area contributed by atoms with E-state index in [2.05, 4.69) is 96.5 Å². The van der Waals surface area contributed by atoms with Crippen LogP contribution in [0, 0.1) is 0 Å². The third-order valence-electron chi connectivity index (χ3n) is 6.40. The van der Waals surface area contributed by atoms with Crippen LogP contribution in [-0.2, 0) is 14.1 Å². The van der Waals surface area contributed by atoms with Crippen molar-refractivity contribution >= 4 is 64.6 Å². The molecule has 2 aromatic heterocycles. The highest BCUT2D eigenvalue weighted by Gasteiger charge is 2.19. The number of aryl methyl sites for hydroxylation is 2. The van der Waals surface area contributed by atoms with Crippen LogP contribution >= 0.6 is 0 Å². The average Bonchev–Trinajstić information content (AvgIpc) is 2.69. The molecule has 0 spiro atoms. The lowest BCUT2D eigenvalue weighted by molar-refractivity contribution is -0.669. The Kier molecular flexibility index (Phi) is 2.42. The molecule has 0 bridgehead atoms. The number of benzene rings is 5. The van der Waals surface area contributed by atoms with Crippen molar-refractivity contribution in [1.29, 1.82) is 0 Å². The van der Waals surface area contributed by atoms with Crippen LogP contribution in [0.25, 0.3) is 64.6 Å². The molecule has 0 aliphatic heterocycles. The van der Waals surface area contributed by atoms with E-state index in [0.717, 1.165) is 0 Å². The van der Waals surface area contributed by atoms with Crippen molar-refractivity contribution in [3.63, 3.8) is 0 Å². The first kappa shape index (κ1) is 14.5. The SMILES string of the molecule is C[n+]1cc2ccc3c4ccc5c[n+](C)cc6ccc(c7ccc(c1)c2c37)c4c56. The van der Waals surface area contributed by atoms with Crippen LogP contribution in [0.4, 0.5) is 0 Å². The van der Waals surface area contributed by atoms with Gasteiger partial charge in [0.05, 0.1) is 0 Å². The Balaban J connectivity index is 1.87. The van der Waals surface area contributed by atoms with Gasteiger partial charge in [-0.15, -0.1) is 0 Å². The lowest BCUT2D eigenvalue weighted by Crippen LogP contribution is -2.26. The molecular weight excluding hydrogens is 340 g/mol. The number of hydrogen-bond donors (Lipinski definition) is 0. The number of pyridine rings is 2. The second-order valence-electron chi connectivity index (χ2n) is 8.16. The summed E-state index contributed by atoms with van der Waals surface area (Å²) in [6.07, 6.45) is 8.91. The molecular formula is C26H18N2+2. The predicted molar refractivity (Wildman–Crippen MR) is 116 cm³/mol. The maximum absolute atomic E-state index is 2.32. The molecule has 2 heterocycles. The summed E-state index contributed by atoms with van der Waals surface area (Å²) in [6.45, 7) is 0. The Morgan fingerprint density at radius 1 is 0.393 bits per heavy atom. The van der Waals surface area contributed by atoms with E-state index in [9.17, 15) is 0 Å². The van der Waals surface area contributed by atoms with Gasteiger partial charge in [0.2, 0.25) is 0 Å². The molecule has 0 fully saturated rings. The minimum absolute atomic E-state index is 1.30. The summed E-state index contributed by atoms with van der Waals surface area (Å²) in [6, 6.07) is 18.4. The van der Waals surface area contributed by atoms with Crippen LogP contribution in [0.2, 0.25) is 0 Å². The molecule has 0 radical (unpaired) electrons. The fourth-order valence-electron chi connectivity index (χ4n) is 5.38. The van der Waals surface area contributed by atoms with Crippen LogP contribution in [0.5, 0.6) is 0 Å². The summed E-state index contributed by atoms with van der Waals surface area (Å²) in [7, 11) is 4.20. The van der Waals surface area contributed by atoms with Crippen molar-refractivity contribution in [2.24, 2.45) is 14.1 Å². The standard InChI is InChI=1S/C26H18N2/c1-27-11-15-3-7-19-21-9-5-17-13-28(2)14-18-6-10-22(26(21)24(17)18)20-8-4-16(12-27)23(15)25(19)20/h3-14H,1-2H3/q+2. The van der Waals surface area contributed by atoms with Crippen LogP contribution in [-0.4, -0.2) is 0 Å². The van der Waals surface area contributed by atoms with E-state index in [1.807, 2.05) is 0 Å². The molecule has 7 rings (SSSR count). The van der Waals surface area contributed by atoms with Gasteiger partial charge < -0.3 is 0 Å². The lowest BCUT2D eigenvalue weighted by atomic mass is 9.86. The van der Waals surface area contributed by atoms with Gasteiger partial charge in [0, 0.05) is 32.3 Å². The highest BCUT2D eigenvalue weighted by Crippen LogP contribution is 2.44. The Bertz CT molecular complexity index is 1480. The van der Waals surface area contributed by atoms with Crippen LogP contribution in [0.15, 0.2) is 73.3 Å². The molecule has 0 atom stereocenters. The Morgan fingerprint density at radius 2 is 0.679 bits per heavy atom. The first-order chi connectivity index (χ1) is 13.7. The second kappa shape index (κ2) is 4.66. The van der Waals surface area contributed by atoms with Gasteiger partial charge in [-0.1, -0.05) is 24.3 Å². The Hall–Kier alpha value is -3.52. The van der Waals surface area contributed by atoms with Gasteiger partial charge >= 0.3 is 0 Å². The zero-order valence-electron chi connectivity index (χ0n) is 15.8. The third-order valence-corrected chi connectivity index (χ3v) is 6.40. The number of rotatable bonds is 0. The van der Waals surface area contributed by atoms with Crippen LogP contribution in [0.3, 0.4) is 0 Å². The largest absolute Gasteiger partial charge is 0.207 e. The smallest absolute Gasteiger partial charge is 0.176 e. The summed E-state index contributed by atoms with van der Waals surface area (Å²) in [5.41, 5.74) is 0. The van der Waals surface area contributed by atoms with Crippen molar-refractivity contribution in [1.82, 2.24) is 0 Å². The Labute approximate surface area is 161 Å². The first-order valence-electron chi connectivity index (χ1n) is 9.72. The topological polar surface area (TPSA) is 7.76 Å². The second-order valence-corrected chi connectivity index (χ2v) is 8.16. The van der Waals surface area contributed by atoms with Crippen LogP contribution in [0.1, 0.15) is 0 Å². The normalized spacial score (nSPS) is 12.6. The molecule has 0 saturated carbocycles. The van der Waals surface area contributed by atoms with E-state index in [4.69, 9.17) is 0 Å². The molecule has 0 unspecified atom stereocenters. The third kappa shape index (κ3) is 1.60. The van der Waals surface area contributed by atoms with Crippen molar-refractivity contribution in [3.05, 3.63) is 73.3 Å². The molecule has 0 aliphatic rings. The summed E-state index contributed by atoms with van der Waals surface area (Å²) >= 11 is 0. The fraction of sp³-hybridized carbons (Fsp3) is 0.0769. The van der Waals surface area contributed by atoms with Gasteiger partial charge in [-0.25, -0.2) is 9.13 Å². The summed E-state index contributed by atoms with van der Waals surface area (Å²) in [5.74, 6) is 0. The van der Waals surface area contributed by atoms with Crippen molar-refractivity contribution in [2.75, 3.05) is 0 Å². The monoisotopic (exact) mass is 358 g/mol. The summed E-state index contributed by atoms with van der Waals surface area (Å²) in [5, 5.41) is 16.2. The van der Waals surface area contributed by atoms with Crippen LogP contribution < -0.4 is 9.13 Å². The molecule has 2 heteroatoms. The predicted octanol–water partition coefficient (Wildman–Crippen LogP) is 5.13. The number of fused-ring (bicyclic) bond motifs is 2. The number of aromatic nitrogens is 2. The van der Waals surface area contributed by atoms with Gasteiger partial charge in [0.25, 0.3) is 0 Å². The van der Waals surface area contributed by atoms with E-state index in [-0.39, 0.29) is 0 Å². The molecule has 130 valence electrons. The zero-order chi connectivity index (χ0) is 18.6. The number of nitrogens with zero attached hydrogens (tertiary/aromatic N) is 2. The Morgan fingerprint density at radius 3 is 0.964 bits per heavy atom. The van der Waals surface area contributed by atoms with Gasteiger partial charge in [-0.3, -0.25) is 0 Å². The van der Waals surface area contributed by atoms with E-state index < -0.39 is 0 Å². The maximum atomic E-state index is 2.32. The molecule has 0 N–H and O–H groups in total. The molecule has 0 saturated heterocycles. The maximum Gasteiger partial charge on any atom is 0.176 e. The van der Waals surface area contributed by atoms with E-state index in [1.165, 1.54) is 64.6 Å². The van der Waals surface area contributed by atoms with E-state index >= 15 is 0 Å². The average molecular weight is 358 g/mol. The van der Waals surface area contributed by atoms with E-state index in [1.54, 1.807) is 0 Å². The minimum atomic E-state index is 1.30. The van der Waals surface area contributed by atoms with Crippen molar-refractivity contribution in [2.45, 2.75) is 0 Å². The molecule has 0 amide bonds. The molecule has 2 nitrogen and oxygen atoms in total. The highest BCUT2D eigenvalue weighted by molar-refractivity contribution is 6.39. The van der Waals surface area contributed by atoms with Gasteiger partial charge in [0.1, 0.15) is 14.1 Å². The molecule has 7 aromatic rings. The lowest BCUT2D eigenvalue weighted by Gasteiger charge is -2.16. The quantitative estimate of drug-likeness (QED) is 0.202. The summed E-state index contributed by atoms with van der Waals surface area (Å²) in [4.78, 5) is 0. The first-order valence-corrected chi connectivity index (χ1v) is 9.72. The van der Waals surface area contributed by atoms with Crippen molar-refractivity contribution < 1.29 is 9.13 Å². The van der Waals surface area contributed by atoms with E-state index in [0.29, 0.717) is 0 Å². The molecule has 28 heavy (non-hydrogen) atoms. The van der Waals surface area contributed by atoms with Gasteiger partial charge in [-0.2, -0.15) is 0 Å². The highest BCUT2D eigenvalue weighted by atomic mass is 14.9. The molecule has 5 aromatic carbocycles. The van der Waals surface area contributed by atoms with Crippen molar-refractivity contribution in [3.8, 4) is 0 Å². The van der Waals surface area contributed by atoms with Gasteiger partial charge in [0.15, 0.2) is 24.8 Å². The number of hydrogen-bond acceptors (Lipinski definition) is 0. The zero-order valence-corrected chi connectivity index (χ0v) is 15.8. The molecule has 0 aliphatic carbocycles. The summed E-state index contributed by atoms with van der Waals surface area (Å²) < 4.78 is 4.31. The minimum Gasteiger partial charge on any atom is -0.207 e. The fourth-order valence-corrected chi connectivity index (χ4v) is 5.38. The van der Waals surface area contributed by atoms with Gasteiger partial charge in [-0.05, 0) is 56.6 Å².